The summed E-state index contributed by atoms with van der Waals surface area (Å²) < 4.78 is 34.2. The summed E-state index contributed by atoms with van der Waals surface area (Å²) in [4.78, 5) is 2.18. The molecular weight excluding hydrogens is 428 g/mol. The highest BCUT2D eigenvalue weighted by Crippen LogP contribution is 2.29. The lowest BCUT2D eigenvalue weighted by molar-refractivity contribution is 0.139. The molecule has 3 atom stereocenters. The monoisotopic (exact) mass is 457 g/mol. The van der Waals surface area contributed by atoms with Gasteiger partial charge in [-0.1, -0.05) is 36.4 Å². The summed E-state index contributed by atoms with van der Waals surface area (Å²) in [6.45, 7) is 2.55. The lowest BCUT2D eigenvalue weighted by Crippen LogP contribution is -2.46. The van der Waals surface area contributed by atoms with Crippen LogP contribution in [-0.4, -0.2) is 65.5 Å². The third kappa shape index (κ3) is 5.56. The molecule has 0 saturated carbocycles. The van der Waals surface area contributed by atoms with Crippen LogP contribution in [-0.2, 0) is 11.8 Å². The topological polar surface area (TPSA) is 74.6 Å². The van der Waals surface area contributed by atoms with E-state index >= 15 is 0 Å². The summed E-state index contributed by atoms with van der Waals surface area (Å²) in [5, 5.41) is 21.5. The summed E-state index contributed by atoms with van der Waals surface area (Å²) in [7, 11) is 3.44. The van der Waals surface area contributed by atoms with Crippen molar-refractivity contribution in [1.82, 2.24) is 20.0 Å². The van der Waals surface area contributed by atoms with E-state index in [-0.39, 0.29) is 12.0 Å². The second kappa shape index (κ2) is 10.4. The van der Waals surface area contributed by atoms with Crippen molar-refractivity contribution in [3.8, 4) is 11.3 Å². The van der Waals surface area contributed by atoms with Gasteiger partial charge in [-0.05, 0) is 17.7 Å². The lowest BCUT2D eigenvalue weighted by Gasteiger charge is -2.25. The Morgan fingerprint density at radius 2 is 1.91 bits per heavy atom. The Morgan fingerprint density at radius 3 is 2.64 bits per heavy atom. The number of halogens is 2. The van der Waals surface area contributed by atoms with Crippen LogP contribution in [0.4, 0.5) is 14.6 Å². The Labute approximate surface area is 192 Å². The normalized spacial score (nSPS) is 19.7. The number of benzene rings is 2. The van der Waals surface area contributed by atoms with E-state index < -0.39 is 18.0 Å². The largest absolute Gasteiger partial charge is 0.383 e. The molecule has 1 aliphatic heterocycles. The van der Waals surface area contributed by atoms with Crippen LogP contribution >= 0.6 is 0 Å². The molecule has 3 aromatic rings. The van der Waals surface area contributed by atoms with Crippen molar-refractivity contribution >= 4 is 5.82 Å². The number of hydrogen-bond acceptors (Lipinski definition) is 6. The Bertz CT molecular complexity index is 1060. The number of likely N-dealkylation sites (tertiary alicyclic amines) is 1. The quantitative estimate of drug-likeness (QED) is 0.429. The van der Waals surface area contributed by atoms with Crippen molar-refractivity contribution in [3.05, 3.63) is 71.8 Å². The van der Waals surface area contributed by atoms with Crippen LogP contribution in [0.5, 0.6) is 0 Å². The second-order valence-electron chi connectivity index (χ2n) is 8.26. The van der Waals surface area contributed by atoms with Crippen LogP contribution in [0, 0.1) is 11.6 Å². The number of anilines is 1. The minimum absolute atomic E-state index is 0.125. The van der Waals surface area contributed by atoms with Crippen LogP contribution in [0.25, 0.3) is 11.3 Å². The first-order valence-electron chi connectivity index (χ1n) is 10.9. The highest BCUT2D eigenvalue weighted by Gasteiger charge is 2.35. The van der Waals surface area contributed by atoms with Gasteiger partial charge in [-0.2, -0.15) is 5.10 Å². The summed E-state index contributed by atoms with van der Waals surface area (Å²) in [6.07, 6.45) is -1.07. The number of aliphatic hydroxyl groups excluding tert-OH is 1. The minimum Gasteiger partial charge on any atom is -0.383 e. The maximum absolute atomic E-state index is 13.9. The molecule has 33 heavy (non-hydrogen) atoms. The zero-order chi connectivity index (χ0) is 23.4. The molecule has 2 heterocycles. The summed E-state index contributed by atoms with van der Waals surface area (Å²) >= 11 is 0. The van der Waals surface area contributed by atoms with Crippen molar-refractivity contribution in [2.24, 2.45) is 7.05 Å². The average molecular weight is 458 g/mol. The van der Waals surface area contributed by atoms with E-state index in [1.54, 1.807) is 24.9 Å². The Hall–Kier alpha value is -2.85. The van der Waals surface area contributed by atoms with E-state index in [2.05, 4.69) is 20.6 Å². The van der Waals surface area contributed by atoms with Gasteiger partial charge >= 0.3 is 0 Å². The first-order chi connectivity index (χ1) is 15.9. The number of rotatable bonds is 9. The lowest BCUT2D eigenvalue weighted by atomic mass is 9.94. The molecule has 2 aromatic carbocycles. The number of nitrogens with zero attached hydrogens (tertiary/aromatic N) is 3. The number of methoxy groups -OCH3 is 1. The summed E-state index contributed by atoms with van der Waals surface area (Å²) in [5.74, 6) is -1.22. The van der Waals surface area contributed by atoms with Crippen molar-refractivity contribution in [2.75, 3.05) is 38.7 Å². The van der Waals surface area contributed by atoms with Gasteiger partial charge in [-0.15, -0.1) is 0 Å². The van der Waals surface area contributed by atoms with E-state index in [1.807, 2.05) is 36.4 Å². The maximum Gasteiger partial charge on any atom is 0.182 e. The number of aliphatic hydroxyl groups is 1. The van der Waals surface area contributed by atoms with Crippen molar-refractivity contribution in [2.45, 2.75) is 18.3 Å². The molecule has 9 heteroatoms. The molecule has 1 saturated heterocycles. The maximum atomic E-state index is 13.9. The van der Waals surface area contributed by atoms with Gasteiger partial charge in [-0.25, -0.2) is 8.78 Å². The summed E-state index contributed by atoms with van der Waals surface area (Å²) in [5.41, 5.74) is 2.45. The molecule has 1 aliphatic rings. The number of aryl methyl sites for hydroxylation is 1. The fourth-order valence-corrected chi connectivity index (χ4v) is 4.27. The van der Waals surface area contributed by atoms with E-state index in [9.17, 15) is 13.9 Å². The van der Waals surface area contributed by atoms with E-state index in [0.29, 0.717) is 37.6 Å². The predicted molar refractivity (Wildman–Crippen MR) is 123 cm³/mol. The Kier molecular flexibility index (Phi) is 7.34. The number of aromatic nitrogens is 2. The first-order valence-corrected chi connectivity index (χ1v) is 10.9. The smallest absolute Gasteiger partial charge is 0.182 e. The molecule has 0 spiro atoms. The number of nitrogens with one attached hydrogen (secondary N) is 2. The Morgan fingerprint density at radius 1 is 1.12 bits per heavy atom. The fraction of sp³-hybridized carbons (Fsp3) is 0.375. The van der Waals surface area contributed by atoms with E-state index in [0.717, 1.165) is 17.3 Å². The fourth-order valence-electron chi connectivity index (χ4n) is 4.27. The molecule has 1 fully saturated rings. The molecule has 0 aliphatic carbocycles. The van der Waals surface area contributed by atoms with Gasteiger partial charge in [0.05, 0.1) is 12.3 Å². The molecule has 4 rings (SSSR count). The van der Waals surface area contributed by atoms with Gasteiger partial charge in [0.15, 0.2) is 18.0 Å². The van der Waals surface area contributed by atoms with Crippen LogP contribution in [0.3, 0.4) is 0 Å². The highest BCUT2D eigenvalue weighted by molar-refractivity contribution is 5.62. The molecule has 1 unspecified atom stereocenters. The molecule has 7 nitrogen and oxygen atoms in total. The standard InChI is InChI=1S/C24H29F2N5O2/c1-30-23(13-21(29-30)16-6-4-3-5-7-16)28-24(32)27-22-15-31(10-11-33-2)14-18(22)17-8-9-19(25)20(26)12-17/h3-9,12-13,18,22,24,27-28,32H,10-11,14-15H2,1-2H3/t18-,22+,24?/m0/s1. The molecule has 0 bridgehead atoms. The second-order valence-corrected chi connectivity index (χ2v) is 8.26. The van der Waals surface area contributed by atoms with Crippen LogP contribution < -0.4 is 10.6 Å². The van der Waals surface area contributed by atoms with E-state index in [1.165, 1.54) is 6.07 Å². The zero-order valence-electron chi connectivity index (χ0n) is 18.7. The zero-order valence-corrected chi connectivity index (χ0v) is 18.7. The van der Waals surface area contributed by atoms with Crippen molar-refractivity contribution in [1.29, 1.82) is 0 Å². The van der Waals surface area contributed by atoms with Crippen LogP contribution in [0.2, 0.25) is 0 Å². The van der Waals surface area contributed by atoms with Crippen molar-refractivity contribution in [3.63, 3.8) is 0 Å². The molecular formula is C24H29F2N5O2. The van der Waals surface area contributed by atoms with Crippen LogP contribution in [0.1, 0.15) is 11.5 Å². The molecule has 176 valence electrons. The Balaban J connectivity index is 1.47. The first kappa shape index (κ1) is 23.3. The molecule has 1 aromatic heterocycles. The van der Waals surface area contributed by atoms with Gasteiger partial charge in [-0.3, -0.25) is 14.9 Å². The van der Waals surface area contributed by atoms with Crippen LogP contribution in [0.15, 0.2) is 54.6 Å². The third-order valence-electron chi connectivity index (χ3n) is 5.98. The number of ether oxygens (including phenoxy) is 1. The molecule has 3 N–H and O–H groups in total. The van der Waals surface area contributed by atoms with Gasteiger partial charge in [0, 0.05) is 57.4 Å². The van der Waals surface area contributed by atoms with E-state index in [4.69, 9.17) is 4.74 Å². The number of hydrogen-bond donors (Lipinski definition) is 3. The van der Waals surface area contributed by atoms with Gasteiger partial charge in [0.1, 0.15) is 5.82 Å². The molecule has 0 amide bonds. The third-order valence-corrected chi connectivity index (χ3v) is 5.98. The van der Waals surface area contributed by atoms with Gasteiger partial charge < -0.3 is 15.2 Å². The molecule has 0 radical (unpaired) electrons. The van der Waals surface area contributed by atoms with Crippen molar-refractivity contribution < 1.29 is 18.6 Å². The van der Waals surface area contributed by atoms with Gasteiger partial charge in [0.25, 0.3) is 0 Å². The minimum atomic E-state index is -1.07. The predicted octanol–water partition coefficient (Wildman–Crippen LogP) is 2.76. The highest BCUT2D eigenvalue weighted by atomic mass is 19.2. The summed E-state index contributed by atoms with van der Waals surface area (Å²) in [6, 6.07) is 15.5. The SMILES string of the molecule is COCCN1C[C@@H](NC(O)Nc2cc(-c3ccccc3)nn2C)[C@H](c2ccc(F)c(F)c2)C1. The van der Waals surface area contributed by atoms with Gasteiger partial charge in [0.2, 0.25) is 0 Å². The average Bonchev–Trinajstić information content (AvgIpc) is 3.38.